The van der Waals surface area contributed by atoms with Gasteiger partial charge in [0.15, 0.2) is 0 Å². The maximum absolute atomic E-state index is 11.9. The zero-order chi connectivity index (χ0) is 11.6. The lowest BCUT2D eigenvalue weighted by atomic mass is 10.4. The van der Waals surface area contributed by atoms with Crippen LogP contribution < -0.4 is 4.72 Å². The van der Waals surface area contributed by atoms with Crippen molar-refractivity contribution in [2.24, 2.45) is 0 Å². The molecular formula is C9H12BrN3O2S. The topological polar surface area (TPSA) is 62.3 Å². The van der Waals surface area contributed by atoms with Crippen molar-refractivity contribution in [2.45, 2.75) is 12.8 Å². The Kier molecular flexibility index (Phi) is 3.46. The van der Waals surface area contributed by atoms with Crippen molar-refractivity contribution >= 4 is 31.8 Å². The molecule has 0 unspecified atom stereocenters. The Hall–Kier alpha value is -0.660. The van der Waals surface area contributed by atoms with Crippen LogP contribution >= 0.6 is 15.9 Å². The molecule has 1 saturated heterocycles. The number of aromatic nitrogens is 1. The minimum absolute atomic E-state index is 0.482. The maximum Gasteiger partial charge on any atom is 0.301 e. The van der Waals surface area contributed by atoms with E-state index in [0.29, 0.717) is 23.4 Å². The molecule has 1 aromatic rings. The highest BCUT2D eigenvalue weighted by Crippen LogP contribution is 2.17. The number of rotatable bonds is 3. The van der Waals surface area contributed by atoms with E-state index in [1.165, 1.54) is 10.5 Å². The molecule has 0 bridgehead atoms. The van der Waals surface area contributed by atoms with Crippen LogP contribution in [-0.2, 0) is 10.2 Å². The van der Waals surface area contributed by atoms with Crippen LogP contribution in [0.1, 0.15) is 12.8 Å². The summed E-state index contributed by atoms with van der Waals surface area (Å²) in [5, 5.41) is 0. The fraction of sp³-hybridized carbons (Fsp3) is 0.444. The van der Waals surface area contributed by atoms with Gasteiger partial charge in [0.2, 0.25) is 0 Å². The van der Waals surface area contributed by atoms with E-state index in [0.717, 1.165) is 12.8 Å². The average Bonchev–Trinajstić information content (AvgIpc) is 2.75. The number of pyridine rings is 1. The molecule has 1 fully saturated rings. The van der Waals surface area contributed by atoms with E-state index in [1.807, 2.05) is 0 Å². The van der Waals surface area contributed by atoms with Crippen molar-refractivity contribution in [2.75, 3.05) is 17.8 Å². The number of nitrogens with zero attached hydrogens (tertiary/aromatic N) is 2. The highest BCUT2D eigenvalue weighted by atomic mass is 79.9. The molecule has 0 aromatic carbocycles. The first-order chi connectivity index (χ1) is 7.58. The third-order valence-corrected chi connectivity index (χ3v) is 4.39. The summed E-state index contributed by atoms with van der Waals surface area (Å²) in [4.78, 5) is 3.96. The standard InChI is InChI=1S/C9H12BrN3O2S/c10-9-4-3-8(7-11-9)12-16(14,15)13-5-1-2-6-13/h3-4,7,12H,1-2,5-6H2. The van der Waals surface area contributed by atoms with Crippen molar-refractivity contribution in [1.29, 1.82) is 0 Å². The van der Waals surface area contributed by atoms with E-state index >= 15 is 0 Å². The van der Waals surface area contributed by atoms with E-state index < -0.39 is 10.2 Å². The third-order valence-electron chi connectivity index (χ3n) is 2.38. The smallest absolute Gasteiger partial charge is 0.269 e. The van der Waals surface area contributed by atoms with E-state index in [9.17, 15) is 8.42 Å². The van der Waals surface area contributed by atoms with Gasteiger partial charge in [-0.1, -0.05) is 0 Å². The second-order valence-electron chi connectivity index (χ2n) is 3.58. The zero-order valence-electron chi connectivity index (χ0n) is 8.56. The summed E-state index contributed by atoms with van der Waals surface area (Å²) in [5.41, 5.74) is 0.482. The molecule has 0 atom stereocenters. The Labute approximate surface area is 103 Å². The van der Waals surface area contributed by atoms with Crippen LogP contribution in [0.2, 0.25) is 0 Å². The Morgan fingerprint density at radius 3 is 2.56 bits per heavy atom. The summed E-state index contributed by atoms with van der Waals surface area (Å²) in [5.74, 6) is 0. The number of hydrogen-bond donors (Lipinski definition) is 1. The Balaban J connectivity index is 2.11. The highest BCUT2D eigenvalue weighted by Gasteiger charge is 2.24. The molecule has 0 amide bonds. The van der Waals surface area contributed by atoms with E-state index in [2.05, 4.69) is 25.6 Å². The first-order valence-electron chi connectivity index (χ1n) is 4.97. The molecule has 2 rings (SSSR count). The number of nitrogens with one attached hydrogen (secondary N) is 1. The quantitative estimate of drug-likeness (QED) is 0.863. The zero-order valence-corrected chi connectivity index (χ0v) is 11.0. The SMILES string of the molecule is O=S(=O)(Nc1ccc(Br)nc1)N1CCCC1. The van der Waals surface area contributed by atoms with Crippen molar-refractivity contribution in [1.82, 2.24) is 9.29 Å². The molecule has 7 heteroatoms. The van der Waals surface area contributed by atoms with Crippen LogP contribution in [0, 0.1) is 0 Å². The molecule has 1 aliphatic heterocycles. The minimum Gasteiger partial charge on any atom is -0.269 e. The van der Waals surface area contributed by atoms with Gasteiger partial charge in [-0.2, -0.15) is 12.7 Å². The van der Waals surface area contributed by atoms with Gasteiger partial charge >= 0.3 is 10.2 Å². The van der Waals surface area contributed by atoms with Gasteiger partial charge in [0.05, 0.1) is 11.9 Å². The molecular weight excluding hydrogens is 294 g/mol. The van der Waals surface area contributed by atoms with Gasteiger partial charge < -0.3 is 0 Å². The second kappa shape index (κ2) is 4.68. The van der Waals surface area contributed by atoms with Gasteiger partial charge in [-0.25, -0.2) is 4.98 Å². The molecule has 5 nitrogen and oxygen atoms in total. The lowest BCUT2D eigenvalue weighted by Crippen LogP contribution is -2.33. The molecule has 1 N–H and O–H groups in total. The van der Waals surface area contributed by atoms with Gasteiger partial charge in [0.1, 0.15) is 4.60 Å². The fourth-order valence-corrected chi connectivity index (χ4v) is 3.10. The van der Waals surface area contributed by atoms with Crippen LogP contribution in [0.4, 0.5) is 5.69 Å². The van der Waals surface area contributed by atoms with Gasteiger partial charge in [-0.3, -0.25) is 4.72 Å². The molecule has 1 aromatic heterocycles. The van der Waals surface area contributed by atoms with Gasteiger partial charge in [-0.15, -0.1) is 0 Å². The van der Waals surface area contributed by atoms with E-state index in [-0.39, 0.29) is 0 Å². The lowest BCUT2D eigenvalue weighted by molar-refractivity contribution is 0.482. The lowest BCUT2D eigenvalue weighted by Gasteiger charge is -2.16. The van der Waals surface area contributed by atoms with Crippen LogP contribution in [0.3, 0.4) is 0 Å². The summed E-state index contributed by atoms with van der Waals surface area (Å²) in [6.45, 7) is 1.19. The molecule has 0 spiro atoms. The van der Waals surface area contributed by atoms with Gasteiger partial charge in [-0.05, 0) is 40.9 Å². The minimum atomic E-state index is -3.40. The van der Waals surface area contributed by atoms with Gasteiger partial charge in [0.25, 0.3) is 0 Å². The predicted molar refractivity (Wildman–Crippen MR) is 65.3 cm³/mol. The Bertz CT molecular complexity index is 454. The first-order valence-corrected chi connectivity index (χ1v) is 7.21. The average molecular weight is 306 g/mol. The summed E-state index contributed by atoms with van der Waals surface area (Å²) < 4.78 is 28.4. The second-order valence-corrected chi connectivity index (χ2v) is 6.07. The molecule has 16 heavy (non-hydrogen) atoms. The molecule has 0 aliphatic carbocycles. The van der Waals surface area contributed by atoms with E-state index in [4.69, 9.17) is 0 Å². The number of halogens is 1. The molecule has 88 valence electrons. The fourth-order valence-electron chi connectivity index (χ4n) is 1.58. The number of hydrogen-bond acceptors (Lipinski definition) is 3. The van der Waals surface area contributed by atoms with Crippen LogP contribution in [-0.4, -0.2) is 30.8 Å². The summed E-state index contributed by atoms with van der Waals surface area (Å²) in [6, 6.07) is 3.37. The van der Waals surface area contributed by atoms with Crippen molar-refractivity contribution in [3.05, 3.63) is 22.9 Å². The highest BCUT2D eigenvalue weighted by molar-refractivity contribution is 9.10. The number of anilines is 1. The normalized spacial score (nSPS) is 17.6. The maximum atomic E-state index is 11.9. The van der Waals surface area contributed by atoms with Crippen LogP contribution in [0.5, 0.6) is 0 Å². The monoisotopic (exact) mass is 305 g/mol. The predicted octanol–water partition coefficient (Wildman–Crippen LogP) is 1.60. The Morgan fingerprint density at radius 1 is 1.31 bits per heavy atom. The Morgan fingerprint density at radius 2 is 2.00 bits per heavy atom. The van der Waals surface area contributed by atoms with Crippen LogP contribution in [0.15, 0.2) is 22.9 Å². The van der Waals surface area contributed by atoms with Crippen molar-refractivity contribution in [3.8, 4) is 0 Å². The van der Waals surface area contributed by atoms with Crippen molar-refractivity contribution in [3.63, 3.8) is 0 Å². The molecule has 0 saturated carbocycles. The molecule has 1 aliphatic rings. The first kappa shape index (κ1) is 11.8. The summed E-state index contributed by atoms with van der Waals surface area (Å²) >= 11 is 3.19. The van der Waals surface area contributed by atoms with Crippen molar-refractivity contribution < 1.29 is 8.42 Å². The van der Waals surface area contributed by atoms with Crippen LogP contribution in [0.25, 0.3) is 0 Å². The van der Waals surface area contributed by atoms with E-state index in [1.54, 1.807) is 12.1 Å². The van der Waals surface area contributed by atoms with Gasteiger partial charge in [0, 0.05) is 13.1 Å². The summed E-state index contributed by atoms with van der Waals surface area (Å²) in [7, 11) is -3.40. The third kappa shape index (κ3) is 2.72. The molecule has 0 radical (unpaired) electrons. The molecule has 2 heterocycles. The summed E-state index contributed by atoms with van der Waals surface area (Å²) in [6.07, 6.45) is 3.34. The largest absolute Gasteiger partial charge is 0.301 e.